The number of rotatable bonds is 6. The highest BCUT2D eigenvalue weighted by molar-refractivity contribution is 7.87. The van der Waals surface area contributed by atoms with Crippen molar-refractivity contribution >= 4 is 16.2 Å². The Labute approximate surface area is 109 Å². The third kappa shape index (κ3) is 4.55. The van der Waals surface area contributed by atoms with Crippen LogP contribution in [0.1, 0.15) is 39.0 Å². The average Bonchev–Trinajstić information content (AvgIpc) is 2.58. The smallest absolute Gasteiger partial charge is 0.307 e. The Morgan fingerprint density at radius 2 is 1.83 bits per heavy atom. The summed E-state index contributed by atoms with van der Waals surface area (Å²) in [5.74, 6) is -1.62. The molecule has 18 heavy (non-hydrogen) atoms. The van der Waals surface area contributed by atoms with Gasteiger partial charge in [-0.1, -0.05) is 19.8 Å². The summed E-state index contributed by atoms with van der Waals surface area (Å²) >= 11 is 0. The SMILES string of the molecule is CCC(CNS(=O)(=O)N1CCCCCC1)C(=O)O. The van der Waals surface area contributed by atoms with Crippen LogP contribution in [0.15, 0.2) is 0 Å². The lowest BCUT2D eigenvalue weighted by molar-refractivity contribution is -0.141. The molecule has 0 bridgehead atoms. The van der Waals surface area contributed by atoms with Gasteiger partial charge in [0.15, 0.2) is 0 Å². The molecule has 0 aromatic carbocycles. The zero-order valence-corrected chi connectivity index (χ0v) is 11.6. The molecule has 0 aromatic heterocycles. The van der Waals surface area contributed by atoms with Crippen LogP contribution in [0.4, 0.5) is 0 Å². The molecule has 0 radical (unpaired) electrons. The van der Waals surface area contributed by atoms with Crippen molar-refractivity contribution in [3.05, 3.63) is 0 Å². The minimum atomic E-state index is -3.53. The third-order valence-corrected chi connectivity index (χ3v) is 4.84. The van der Waals surface area contributed by atoms with E-state index in [1.807, 2.05) is 0 Å². The molecule has 1 heterocycles. The van der Waals surface area contributed by atoms with Crippen molar-refractivity contribution in [1.82, 2.24) is 9.03 Å². The molecule has 6 nitrogen and oxygen atoms in total. The fourth-order valence-corrected chi connectivity index (χ4v) is 3.32. The first-order valence-corrected chi connectivity index (χ1v) is 7.89. The lowest BCUT2D eigenvalue weighted by atomic mass is 10.1. The van der Waals surface area contributed by atoms with Crippen LogP contribution < -0.4 is 4.72 Å². The zero-order chi connectivity index (χ0) is 13.6. The molecule has 1 unspecified atom stereocenters. The molecular weight excluding hydrogens is 256 g/mol. The highest BCUT2D eigenvalue weighted by Gasteiger charge is 2.25. The van der Waals surface area contributed by atoms with Gasteiger partial charge in [-0.15, -0.1) is 0 Å². The summed E-state index contributed by atoms with van der Waals surface area (Å²) in [6.07, 6.45) is 4.27. The number of nitrogens with one attached hydrogen (secondary N) is 1. The molecule has 0 amide bonds. The molecule has 0 aliphatic carbocycles. The molecule has 1 aliphatic rings. The first-order chi connectivity index (χ1) is 8.47. The molecule has 1 rings (SSSR count). The van der Waals surface area contributed by atoms with E-state index >= 15 is 0 Å². The molecule has 0 spiro atoms. The summed E-state index contributed by atoms with van der Waals surface area (Å²) in [5, 5.41) is 8.88. The number of carboxylic acid groups (broad SMARTS) is 1. The van der Waals surface area contributed by atoms with Crippen molar-refractivity contribution in [3.63, 3.8) is 0 Å². The maximum atomic E-state index is 12.0. The number of carboxylic acids is 1. The van der Waals surface area contributed by atoms with E-state index in [0.717, 1.165) is 25.7 Å². The predicted molar refractivity (Wildman–Crippen MR) is 68.4 cm³/mol. The first kappa shape index (κ1) is 15.4. The fraction of sp³-hybridized carbons (Fsp3) is 0.909. The van der Waals surface area contributed by atoms with Gasteiger partial charge in [0.25, 0.3) is 10.2 Å². The fourth-order valence-electron chi connectivity index (χ4n) is 1.99. The van der Waals surface area contributed by atoms with E-state index in [2.05, 4.69) is 4.72 Å². The molecule has 106 valence electrons. The Kier molecular flexibility index (Phi) is 6.04. The highest BCUT2D eigenvalue weighted by atomic mass is 32.2. The molecular formula is C11H22N2O4S. The van der Waals surface area contributed by atoms with E-state index in [4.69, 9.17) is 5.11 Å². The molecule has 1 fully saturated rings. The first-order valence-electron chi connectivity index (χ1n) is 6.45. The second kappa shape index (κ2) is 7.06. The number of hydrogen-bond acceptors (Lipinski definition) is 3. The van der Waals surface area contributed by atoms with Gasteiger partial charge in [-0.05, 0) is 19.3 Å². The number of carbonyl (C=O) groups is 1. The minimum absolute atomic E-state index is 0.0370. The van der Waals surface area contributed by atoms with Gasteiger partial charge in [0, 0.05) is 19.6 Å². The molecule has 1 aliphatic heterocycles. The Morgan fingerprint density at radius 1 is 1.28 bits per heavy atom. The van der Waals surface area contributed by atoms with E-state index in [1.165, 1.54) is 4.31 Å². The predicted octanol–water partition coefficient (Wildman–Crippen LogP) is 0.808. The van der Waals surface area contributed by atoms with Crippen LogP contribution in [0.2, 0.25) is 0 Å². The van der Waals surface area contributed by atoms with Crippen LogP contribution in [0, 0.1) is 5.92 Å². The van der Waals surface area contributed by atoms with Gasteiger partial charge in [0.2, 0.25) is 0 Å². The van der Waals surface area contributed by atoms with E-state index in [0.29, 0.717) is 19.5 Å². The van der Waals surface area contributed by atoms with Gasteiger partial charge >= 0.3 is 5.97 Å². The summed E-state index contributed by atoms with van der Waals surface area (Å²) in [6.45, 7) is 2.75. The largest absolute Gasteiger partial charge is 0.481 e. The Morgan fingerprint density at radius 3 is 2.28 bits per heavy atom. The van der Waals surface area contributed by atoms with Crippen molar-refractivity contribution < 1.29 is 18.3 Å². The monoisotopic (exact) mass is 278 g/mol. The van der Waals surface area contributed by atoms with Crippen molar-refractivity contribution in [2.24, 2.45) is 5.92 Å². The minimum Gasteiger partial charge on any atom is -0.481 e. The topological polar surface area (TPSA) is 86.7 Å². The Hall–Kier alpha value is -0.660. The zero-order valence-electron chi connectivity index (χ0n) is 10.8. The van der Waals surface area contributed by atoms with Gasteiger partial charge < -0.3 is 5.11 Å². The van der Waals surface area contributed by atoms with Crippen molar-refractivity contribution in [1.29, 1.82) is 0 Å². The summed E-state index contributed by atoms with van der Waals surface area (Å²) in [4.78, 5) is 10.8. The van der Waals surface area contributed by atoms with Crippen LogP contribution >= 0.6 is 0 Å². The van der Waals surface area contributed by atoms with Crippen molar-refractivity contribution in [3.8, 4) is 0 Å². The van der Waals surface area contributed by atoms with Crippen LogP contribution in [0.5, 0.6) is 0 Å². The van der Waals surface area contributed by atoms with Crippen LogP contribution in [0.25, 0.3) is 0 Å². The van der Waals surface area contributed by atoms with Gasteiger partial charge in [-0.25, -0.2) is 4.72 Å². The lowest BCUT2D eigenvalue weighted by Crippen LogP contribution is -2.43. The standard InChI is InChI=1S/C11H22N2O4S/c1-2-10(11(14)15)9-12-18(16,17)13-7-5-3-4-6-8-13/h10,12H,2-9H2,1H3,(H,14,15). The van der Waals surface area contributed by atoms with Crippen molar-refractivity contribution in [2.75, 3.05) is 19.6 Å². The summed E-state index contributed by atoms with van der Waals surface area (Å²) in [7, 11) is -3.53. The number of aliphatic carboxylic acids is 1. The summed E-state index contributed by atoms with van der Waals surface area (Å²) in [5.41, 5.74) is 0. The Bertz CT molecular complexity index is 361. The van der Waals surface area contributed by atoms with Gasteiger partial charge in [-0.3, -0.25) is 4.79 Å². The van der Waals surface area contributed by atoms with Crippen molar-refractivity contribution in [2.45, 2.75) is 39.0 Å². The summed E-state index contributed by atoms with van der Waals surface area (Å²) in [6, 6.07) is 0. The highest BCUT2D eigenvalue weighted by Crippen LogP contribution is 2.12. The lowest BCUT2D eigenvalue weighted by Gasteiger charge is -2.21. The number of nitrogens with zero attached hydrogens (tertiary/aromatic N) is 1. The van der Waals surface area contributed by atoms with Crippen LogP contribution in [-0.2, 0) is 15.0 Å². The van der Waals surface area contributed by atoms with E-state index in [1.54, 1.807) is 6.92 Å². The quantitative estimate of drug-likeness (QED) is 0.752. The van der Waals surface area contributed by atoms with Gasteiger partial charge in [0.05, 0.1) is 5.92 Å². The molecule has 1 atom stereocenters. The molecule has 7 heteroatoms. The molecule has 2 N–H and O–H groups in total. The van der Waals surface area contributed by atoms with Gasteiger partial charge in [0.1, 0.15) is 0 Å². The van der Waals surface area contributed by atoms with Crippen LogP contribution in [-0.4, -0.2) is 43.4 Å². The molecule has 0 saturated carbocycles. The Balaban J connectivity index is 2.55. The van der Waals surface area contributed by atoms with E-state index in [-0.39, 0.29) is 6.54 Å². The van der Waals surface area contributed by atoms with Crippen LogP contribution in [0.3, 0.4) is 0 Å². The maximum Gasteiger partial charge on any atom is 0.307 e. The summed E-state index contributed by atoms with van der Waals surface area (Å²) < 4.78 is 27.8. The van der Waals surface area contributed by atoms with E-state index < -0.39 is 22.1 Å². The molecule has 1 saturated heterocycles. The van der Waals surface area contributed by atoms with Gasteiger partial charge in [-0.2, -0.15) is 12.7 Å². The second-order valence-electron chi connectivity index (χ2n) is 4.61. The maximum absolute atomic E-state index is 12.0. The van der Waals surface area contributed by atoms with E-state index in [9.17, 15) is 13.2 Å². The normalized spacial score (nSPS) is 20.3. The average molecular weight is 278 g/mol. The molecule has 0 aromatic rings. The number of hydrogen-bond donors (Lipinski definition) is 2. The second-order valence-corrected chi connectivity index (χ2v) is 6.37. The third-order valence-electron chi connectivity index (χ3n) is 3.26.